The van der Waals surface area contributed by atoms with Gasteiger partial charge in [-0.15, -0.1) is 0 Å². The number of furan rings is 1. The van der Waals surface area contributed by atoms with Crippen LogP contribution in [0.2, 0.25) is 0 Å². The van der Waals surface area contributed by atoms with Crippen molar-refractivity contribution in [2.24, 2.45) is 0 Å². The zero-order chi connectivity index (χ0) is 8.55. The minimum Gasteiger partial charge on any atom is -0.460 e. The van der Waals surface area contributed by atoms with E-state index in [1.54, 1.807) is 6.26 Å². The van der Waals surface area contributed by atoms with Crippen LogP contribution in [0.25, 0.3) is 11.1 Å². The Morgan fingerprint density at radius 3 is 3.25 bits per heavy atom. The van der Waals surface area contributed by atoms with Crippen LogP contribution in [-0.4, -0.2) is 11.2 Å². The highest BCUT2D eigenvalue weighted by atomic mass is 16.3. The number of hydrogen-bond acceptors (Lipinski definition) is 3. The lowest BCUT2D eigenvalue weighted by Gasteiger charge is -2.04. The molecule has 4 nitrogen and oxygen atoms in total. The molecule has 0 unspecified atom stereocenters. The number of nitrogens with one attached hydrogen (secondary N) is 1. The van der Waals surface area contributed by atoms with E-state index < -0.39 is 0 Å². The van der Waals surface area contributed by atoms with Crippen molar-refractivity contribution in [2.45, 2.75) is 6.92 Å². The molecule has 0 aliphatic carbocycles. The lowest BCUT2D eigenvalue weighted by Crippen LogP contribution is -2.12. The van der Waals surface area contributed by atoms with Crippen LogP contribution in [0.3, 0.4) is 0 Å². The average Bonchev–Trinajstić information content (AvgIpc) is 2.58. The zero-order valence-corrected chi connectivity index (χ0v) is 6.87. The summed E-state index contributed by atoms with van der Waals surface area (Å²) in [6, 6.07) is 1.88. The Labute approximate surface area is 69.9 Å². The summed E-state index contributed by atoms with van der Waals surface area (Å²) in [6.45, 7) is 2.89. The summed E-state index contributed by atoms with van der Waals surface area (Å²) >= 11 is 0. The van der Waals surface area contributed by atoms with E-state index in [9.17, 15) is 0 Å². The fourth-order valence-electron chi connectivity index (χ4n) is 1.28. The first-order valence-electron chi connectivity index (χ1n) is 3.91. The number of nitrogen functional groups attached to an aromatic ring is 1. The quantitative estimate of drug-likeness (QED) is 0.706. The van der Waals surface area contributed by atoms with E-state index in [-0.39, 0.29) is 0 Å². The van der Waals surface area contributed by atoms with E-state index in [0.717, 1.165) is 17.6 Å². The van der Waals surface area contributed by atoms with Gasteiger partial charge in [0.2, 0.25) is 0 Å². The lowest BCUT2D eigenvalue weighted by atomic mass is 10.4. The molecule has 0 amide bonds. The van der Waals surface area contributed by atoms with Gasteiger partial charge in [-0.3, -0.25) is 4.68 Å². The third-order valence-electron chi connectivity index (χ3n) is 1.76. The van der Waals surface area contributed by atoms with Crippen molar-refractivity contribution < 1.29 is 4.42 Å². The third-order valence-corrected chi connectivity index (χ3v) is 1.76. The summed E-state index contributed by atoms with van der Waals surface area (Å²) in [5, 5.41) is 0. The van der Waals surface area contributed by atoms with Crippen molar-refractivity contribution in [3.8, 4) is 0 Å². The zero-order valence-electron chi connectivity index (χ0n) is 6.87. The highest BCUT2D eigenvalue weighted by Gasteiger charge is 2.06. The smallest absolute Gasteiger partial charge is 0.155 e. The average molecular weight is 165 g/mol. The molecule has 0 aliphatic heterocycles. The standard InChI is InChI=1S/C8H11N3O/c1-2-10-11-4-3-7-8(11)6(9)5-12-7/h3-5,10H,2,9H2,1H3. The van der Waals surface area contributed by atoms with Crippen molar-refractivity contribution in [3.63, 3.8) is 0 Å². The van der Waals surface area contributed by atoms with Crippen LogP contribution in [-0.2, 0) is 0 Å². The first kappa shape index (κ1) is 7.09. The van der Waals surface area contributed by atoms with Gasteiger partial charge in [0.25, 0.3) is 0 Å². The highest BCUT2D eigenvalue weighted by Crippen LogP contribution is 2.22. The van der Waals surface area contributed by atoms with Crippen LogP contribution in [0, 0.1) is 0 Å². The molecule has 0 aliphatic rings. The maximum Gasteiger partial charge on any atom is 0.155 e. The van der Waals surface area contributed by atoms with Gasteiger partial charge in [0, 0.05) is 18.8 Å². The summed E-state index contributed by atoms with van der Waals surface area (Å²) in [5.41, 5.74) is 11.2. The Morgan fingerprint density at radius 1 is 1.67 bits per heavy atom. The Balaban J connectivity index is 2.59. The number of rotatable bonds is 2. The van der Waals surface area contributed by atoms with Gasteiger partial charge in [-0.25, -0.2) is 0 Å². The second-order valence-corrected chi connectivity index (χ2v) is 2.60. The molecule has 0 atom stereocenters. The van der Waals surface area contributed by atoms with Gasteiger partial charge in [0.05, 0.1) is 5.69 Å². The monoisotopic (exact) mass is 165 g/mol. The van der Waals surface area contributed by atoms with Crippen molar-refractivity contribution in [2.75, 3.05) is 17.7 Å². The first-order chi connectivity index (χ1) is 5.83. The Bertz CT molecular complexity index is 388. The van der Waals surface area contributed by atoms with Crippen LogP contribution in [0.15, 0.2) is 22.9 Å². The van der Waals surface area contributed by atoms with E-state index in [1.807, 2.05) is 23.9 Å². The van der Waals surface area contributed by atoms with Gasteiger partial charge < -0.3 is 15.6 Å². The normalized spacial score (nSPS) is 10.8. The third kappa shape index (κ3) is 0.845. The van der Waals surface area contributed by atoms with Crippen molar-refractivity contribution in [1.82, 2.24) is 4.68 Å². The molecule has 4 heteroatoms. The summed E-state index contributed by atoms with van der Waals surface area (Å²) in [6.07, 6.45) is 3.45. The summed E-state index contributed by atoms with van der Waals surface area (Å²) in [4.78, 5) is 0. The van der Waals surface area contributed by atoms with Crippen LogP contribution < -0.4 is 11.2 Å². The molecule has 2 aromatic rings. The molecule has 2 heterocycles. The van der Waals surface area contributed by atoms with Gasteiger partial charge in [-0.05, 0) is 6.92 Å². The van der Waals surface area contributed by atoms with E-state index in [2.05, 4.69) is 5.43 Å². The van der Waals surface area contributed by atoms with Crippen LogP contribution in [0.1, 0.15) is 6.92 Å². The molecule has 0 fully saturated rings. The maximum atomic E-state index is 5.70. The molecule has 64 valence electrons. The van der Waals surface area contributed by atoms with E-state index in [0.29, 0.717) is 5.69 Å². The molecule has 0 saturated heterocycles. The molecular formula is C8H11N3O. The molecule has 2 rings (SSSR count). The summed E-state index contributed by atoms with van der Waals surface area (Å²) in [7, 11) is 0. The Morgan fingerprint density at radius 2 is 2.50 bits per heavy atom. The summed E-state index contributed by atoms with van der Waals surface area (Å²) in [5.74, 6) is 0. The minimum atomic E-state index is 0.663. The number of aromatic nitrogens is 1. The van der Waals surface area contributed by atoms with Gasteiger partial charge in [-0.1, -0.05) is 0 Å². The number of nitrogens with zero attached hydrogens (tertiary/aromatic N) is 1. The van der Waals surface area contributed by atoms with Crippen molar-refractivity contribution in [1.29, 1.82) is 0 Å². The molecule has 0 spiro atoms. The second-order valence-electron chi connectivity index (χ2n) is 2.60. The SMILES string of the molecule is CCNn1ccc2occ(N)c21. The van der Waals surface area contributed by atoms with Crippen molar-refractivity contribution in [3.05, 3.63) is 18.5 Å². The largest absolute Gasteiger partial charge is 0.460 e. The molecule has 0 bridgehead atoms. The number of fused-ring (bicyclic) bond motifs is 1. The fraction of sp³-hybridized carbons (Fsp3) is 0.250. The molecule has 0 aromatic carbocycles. The van der Waals surface area contributed by atoms with E-state index in [4.69, 9.17) is 10.2 Å². The van der Waals surface area contributed by atoms with Crippen molar-refractivity contribution >= 4 is 16.8 Å². The molecule has 0 radical (unpaired) electrons. The van der Waals surface area contributed by atoms with Crippen LogP contribution in [0.5, 0.6) is 0 Å². The predicted octanol–water partition coefficient (Wildman–Crippen LogP) is 1.38. The molecule has 3 N–H and O–H groups in total. The van der Waals surface area contributed by atoms with Gasteiger partial charge >= 0.3 is 0 Å². The Hall–Kier alpha value is -1.58. The minimum absolute atomic E-state index is 0.663. The second kappa shape index (κ2) is 2.48. The van der Waals surface area contributed by atoms with E-state index in [1.165, 1.54) is 0 Å². The highest BCUT2D eigenvalue weighted by molar-refractivity contribution is 5.86. The summed E-state index contributed by atoms with van der Waals surface area (Å²) < 4.78 is 7.06. The van der Waals surface area contributed by atoms with Crippen LogP contribution >= 0.6 is 0 Å². The number of hydrogen-bond donors (Lipinski definition) is 2. The maximum absolute atomic E-state index is 5.70. The molecule has 0 saturated carbocycles. The molecular weight excluding hydrogens is 154 g/mol. The van der Waals surface area contributed by atoms with Gasteiger partial charge in [0.1, 0.15) is 11.8 Å². The Kier molecular flexibility index (Phi) is 1.46. The predicted molar refractivity (Wildman–Crippen MR) is 48.5 cm³/mol. The van der Waals surface area contributed by atoms with E-state index >= 15 is 0 Å². The fourth-order valence-corrected chi connectivity index (χ4v) is 1.28. The molecule has 2 aromatic heterocycles. The van der Waals surface area contributed by atoms with Crippen LogP contribution in [0.4, 0.5) is 5.69 Å². The topological polar surface area (TPSA) is 56.1 Å². The first-order valence-corrected chi connectivity index (χ1v) is 3.91. The number of anilines is 1. The van der Waals surface area contributed by atoms with Gasteiger partial charge in [0.15, 0.2) is 5.58 Å². The lowest BCUT2D eigenvalue weighted by molar-refractivity contribution is 0.618. The number of nitrogens with two attached hydrogens (primary N) is 1. The van der Waals surface area contributed by atoms with Gasteiger partial charge in [-0.2, -0.15) is 0 Å². The molecule has 12 heavy (non-hydrogen) atoms.